The van der Waals surface area contributed by atoms with E-state index in [2.05, 4.69) is 101 Å². The number of aromatic nitrogens is 2. The predicted molar refractivity (Wildman–Crippen MR) is 145 cm³/mol. The number of allylic oxidation sites excluding steroid dienone is 5. The van der Waals surface area contributed by atoms with Crippen molar-refractivity contribution in [3.8, 4) is 5.75 Å². The second-order valence-electron chi connectivity index (χ2n) is 8.09. The average Bonchev–Trinajstić information content (AvgIpc) is 3.38. The predicted octanol–water partition coefficient (Wildman–Crippen LogP) is 5.97. The minimum Gasteiger partial charge on any atom is -0.494 e. The molecule has 0 amide bonds. The smallest absolute Gasteiger partial charge is 0.199 e. The molecule has 5 nitrogen and oxygen atoms in total. The van der Waals surface area contributed by atoms with Gasteiger partial charge in [0.15, 0.2) is 5.71 Å². The first-order valence-electron chi connectivity index (χ1n) is 12.0. The fourth-order valence-corrected chi connectivity index (χ4v) is 5.11. The Balaban J connectivity index is 1.90. The van der Waals surface area contributed by atoms with Crippen LogP contribution in [0.5, 0.6) is 5.75 Å². The van der Waals surface area contributed by atoms with E-state index in [-0.39, 0.29) is 0 Å². The topological polar surface area (TPSA) is 41.3 Å². The molecule has 3 aromatic rings. The lowest BCUT2D eigenvalue weighted by molar-refractivity contribution is -0.519. The van der Waals surface area contributed by atoms with E-state index in [4.69, 9.17) is 4.74 Å². The van der Waals surface area contributed by atoms with E-state index in [0.717, 1.165) is 65.2 Å². The van der Waals surface area contributed by atoms with Gasteiger partial charge < -0.3 is 9.64 Å². The number of ether oxygens (including phenoxy) is 1. The third-order valence-electron chi connectivity index (χ3n) is 6.44. The van der Waals surface area contributed by atoms with Gasteiger partial charge in [-0.25, -0.2) is 4.58 Å². The standard InChI is InChI=1S/C28H33N4OS/c1-6-31(7-2)22-14-10-20(11-15-22)26(21-12-16-23(17-13-21)32(8-3)9-4)24-18-19-25(33-5)28-27(24)29-34-30-28/h10-19H,6-9H2,1-5H3/q+1. The van der Waals surface area contributed by atoms with Gasteiger partial charge in [0.05, 0.1) is 18.8 Å². The zero-order valence-corrected chi connectivity index (χ0v) is 21.5. The molecule has 0 aliphatic heterocycles. The lowest BCUT2D eigenvalue weighted by Gasteiger charge is -2.22. The summed E-state index contributed by atoms with van der Waals surface area (Å²) >= 11 is 1.22. The minimum atomic E-state index is 0.751. The van der Waals surface area contributed by atoms with E-state index >= 15 is 0 Å². The second-order valence-corrected chi connectivity index (χ2v) is 8.62. The number of nitrogens with zero attached hydrogens (tertiary/aromatic N) is 4. The Morgan fingerprint density at radius 3 is 2.09 bits per heavy atom. The van der Waals surface area contributed by atoms with Crippen molar-refractivity contribution in [2.75, 3.05) is 38.2 Å². The second kappa shape index (κ2) is 10.8. The van der Waals surface area contributed by atoms with Crippen molar-refractivity contribution in [2.45, 2.75) is 27.7 Å². The van der Waals surface area contributed by atoms with Gasteiger partial charge in [0.25, 0.3) is 0 Å². The lowest BCUT2D eigenvalue weighted by Crippen LogP contribution is -2.21. The molecule has 0 N–H and O–H groups in total. The highest BCUT2D eigenvalue weighted by atomic mass is 32.1. The molecule has 6 heteroatoms. The summed E-state index contributed by atoms with van der Waals surface area (Å²) in [5.74, 6) is 0.751. The molecule has 0 saturated carbocycles. The molecule has 1 aromatic heterocycles. The molecule has 0 bridgehead atoms. The first kappa shape index (κ1) is 23.9. The van der Waals surface area contributed by atoms with Gasteiger partial charge in [-0.15, -0.1) is 0 Å². The van der Waals surface area contributed by atoms with Gasteiger partial charge in [0, 0.05) is 36.5 Å². The van der Waals surface area contributed by atoms with Gasteiger partial charge >= 0.3 is 0 Å². The summed E-state index contributed by atoms with van der Waals surface area (Å²) in [6.07, 6.45) is 8.87. The molecule has 0 fully saturated rings. The van der Waals surface area contributed by atoms with Crippen LogP contribution in [-0.2, 0) is 0 Å². The molecule has 0 radical (unpaired) electrons. The molecular weight excluding hydrogens is 440 g/mol. The Hall–Kier alpha value is -3.25. The van der Waals surface area contributed by atoms with Crippen LogP contribution in [-0.4, -0.2) is 52.3 Å². The van der Waals surface area contributed by atoms with Crippen molar-refractivity contribution in [2.24, 2.45) is 0 Å². The fraction of sp³-hybridized carbons (Fsp3) is 0.321. The summed E-state index contributed by atoms with van der Waals surface area (Å²) in [4.78, 5) is 2.36. The summed E-state index contributed by atoms with van der Waals surface area (Å²) in [5.41, 5.74) is 8.69. The number of fused-ring (bicyclic) bond motifs is 1. The first-order valence-corrected chi connectivity index (χ1v) is 12.7. The van der Waals surface area contributed by atoms with Crippen molar-refractivity contribution < 1.29 is 9.31 Å². The number of rotatable bonds is 8. The van der Waals surface area contributed by atoms with Gasteiger partial charge in [0.2, 0.25) is 0 Å². The molecule has 2 aromatic carbocycles. The van der Waals surface area contributed by atoms with E-state index in [1.54, 1.807) is 7.11 Å². The van der Waals surface area contributed by atoms with Crippen LogP contribution in [0.1, 0.15) is 38.8 Å². The Morgan fingerprint density at radius 1 is 0.853 bits per heavy atom. The lowest BCUT2D eigenvalue weighted by atomic mass is 9.89. The van der Waals surface area contributed by atoms with Crippen LogP contribution < -0.4 is 9.64 Å². The van der Waals surface area contributed by atoms with Gasteiger partial charge in [-0.3, -0.25) is 0 Å². The zero-order valence-electron chi connectivity index (χ0n) is 20.7. The van der Waals surface area contributed by atoms with Crippen LogP contribution in [0.15, 0.2) is 66.3 Å². The fourth-order valence-electron chi connectivity index (χ4n) is 4.54. The maximum absolute atomic E-state index is 5.55. The van der Waals surface area contributed by atoms with Crippen molar-refractivity contribution in [3.63, 3.8) is 0 Å². The number of benzene rings is 2. The zero-order chi connectivity index (χ0) is 24.1. The van der Waals surface area contributed by atoms with Gasteiger partial charge in [-0.05, 0) is 80.8 Å². The van der Waals surface area contributed by atoms with Gasteiger partial charge in [-0.2, -0.15) is 8.75 Å². The quantitative estimate of drug-likeness (QED) is 0.378. The number of hydrogen-bond acceptors (Lipinski definition) is 5. The Labute approximate surface area is 206 Å². The molecular formula is C28H33N4OS+. The van der Waals surface area contributed by atoms with Crippen molar-refractivity contribution in [3.05, 3.63) is 77.4 Å². The van der Waals surface area contributed by atoms with E-state index in [1.165, 1.54) is 23.1 Å². The van der Waals surface area contributed by atoms with Crippen LogP contribution in [0.3, 0.4) is 0 Å². The Kier molecular flexibility index (Phi) is 7.58. The van der Waals surface area contributed by atoms with E-state index in [9.17, 15) is 0 Å². The van der Waals surface area contributed by atoms with Crippen LogP contribution in [0.25, 0.3) is 16.6 Å². The summed E-state index contributed by atoms with van der Waals surface area (Å²) in [6.45, 7) is 12.7. The van der Waals surface area contributed by atoms with Crippen LogP contribution in [0.2, 0.25) is 0 Å². The highest BCUT2D eigenvalue weighted by molar-refractivity contribution is 7.00. The monoisotopic (exact) mass is 473 g/mol. The molecule has 0 spiro atoms. The molecule has 34 heavy (non-hydrogen) atoms. The molecule has 176 valence electrons. The average molecular weight is 474 g/mol. The van der Waals surface area contributed by atoms with E-state index in [0.29, 0.717) is 0 Å². The van der Waals surface area contributed by atoms with Gasteiger partial charge in [0.1, 0.15) is 29.9 Å². The molecule has 1 aliphatic rings. The maximum atomic E-state index is 5.55. The maximum Gasteiger partial charge on any atom is 0.199 e. The summed E-state index contributed by atoms with van der Waals surface area (Å²) < 4.78 is 17.1. The Morgan fingerprint density at radius 2 is 1.50 bits per heavy atom. The Bertz CT molecular complexity index is 1250. The normalized spacial score (nSPS) is 13.0. The number of hydrogen-bond donors (Lipinski definition) is 0. The third-order valence-corrected chi connectivity index (χ3v) is 6.97. The highest BCUT2D eigenvalue weighted by Crippen LogP contribution is 2.37. The summed E-state index contributed by atoms with van der Waals surface area (Å²) in [5, 5.41) is 0. The van der Waals surface area contributed by atoms with Gasteiger partial charge in [-0.1, -0.05) is 12.1 Å². The van der Waals surface area contributed by atoms with Crippen molar-refractivity contribution >= 4 is 39.7 Å². The number of anilines is 1. The van der Waals surface area contributed by atoms with E-state index < -0.39 is 0 Å². The molecule has 1 heterocycles. The molecule has 4 rings (SSSR count). The molecule has 0 atom stereocenters. The van der Waals surface area contributed by atoms with Crippen LogP contribution >= 0.6 is 11.7 Å². The molecule has 1 aliphatic carbocycles. The summed E-state index contributed by atoms with van der Waals surface area (Å²) in [6, 6.07) is 13.0. The van der Waals surface area contributed by atoms with E-state index in [1.807, 2.05) is 6.07 Å². The highest BCUT2D eigenvalue weighted by Gasteiger charge is 2.19. The first-order chi connectivity index (χ1) is 16.6. The van der Waals surface area contributed by atoms with Crippen molar-refractivity contribution in [1.82, 2.24) is 8.75 Å². The third kappa shape index (κ3) is 4.55. The molecule has 0 saturated heterocycles. The van der Waals surface area contributed by atoms with Crippen molar-refractivity contribution in [1.29, 1.82) is 0 Å². The van der Waals surface area contributed by atoms with Crippen LogP contribution in [0.4, 0.5) is 5.69 Å². The largest absolute Gasteiger partial charge is 0.494 e. The minimum absolute atomic E-state index is 0.751. The van der Waals surface area contributed by atoms with Crippen LogP contribution in [0, 0.1) is 0 Å². The summed E-state index contributed by atoms with van der Waals surface area (Å²) in [7, 11) is 1.68. The molecule has 0 unspecified atom stereocenters. The number of methoxy groups -OCH3 is 1. The SMILES string of the molecule is CCN(CC)c1ccc(C(=C2C=CC(=[N+](CC)CC)C=C2)c2ccc(OC)c3nsnc23)cc1.